The normalized spacial score (nSPS) is 11.5. The number of nitrogens with one attached hydrogen (secondary N) is 1. The van der Waals surface area contributed by atoms with E-state index in [2.05, 4.69) is 42.3 Å². The summed E-state index contributed by atoms with van der Waals surface area (Å²) < 4.78 is 15.8. The third-order valence-electron chi connectivity index (χ3n) is 2.86. The molecule has 4 N–H and O–H groups in total. The summed E-state index contributed by atoms with van der Waals surface area (Å²) in [5.74, 6) is -0.538. The van der Waals surface area contributed by atoms with Crippen LogP contribution in [-0.2, 0) is 6.54 Å². The highest BCUT2D eigenvalue weighted by Crippen LogP contribution is 2.26. The van der Waals surface area contributed by atoms with E-state index < -0.39 is 5.82 Å². The van der Waals surface area contributed by atoms with Gasteiger partial charge in [0, 0.05) is 32.3 Å². The van der Waals surface area contributed by atoms with Crippen molar-refractivity contribution in [3.8, 4) is 0 Å². The number of rotatable bonds is 4. The predicted octanol–water partition coefficient (Wildman–Crippen LogP) is 4.06. The number of amidine groups is 1. The topological polar surface area (TPSA) is 70.6 Å². The fourth-order valence-corrected chi connectivity index (χ4v) is 2.92. The zero-order chi connectivity index (χ0) is 15.4. The Labute approximate surface area is 138 Å². The van der Waals surface area contributed by atoms with E-state index in [1.54, 1.807) is 12.1 Å². The van der Waals surface area contributed by atoms with Gasteiger partial charge in [-0.1, -0.05) is 33.2 Å². The van der Waals surface area contributed by atoms with E-state index in [0.29, 0.717) is 17.7 Å². The molecule has 2 aromatic rings. The first-order valence-electron chi connectivity index (χ1n) is 5.96. The highest BCUT2D eigenvalue weighted by atomic mass is 79.9. The van der Waals surface area contributed by atoms with Gasteiger partial charge in [0.1, 0.15) is 5.82 Å². The summed E-state index contributed by atoms with van der Waals surface area (Å²) >= 11 is 6.80. The molecular formula is C14H12Br2FN3O. The van der Waals surface area contributed by atoms with E-state index in [4.69, 9.17) is 10.9 Å². The van der Waals surface area contributed by atoms with Gasteiger partial charge in [0.25, 0.3) is 0 Å². The van der Waals surface area contributed by atoms with Crippen LogP contribution in [-0.4, -0.2) is 11.0 Å². The Hall–Kier alpha value is -1.60. The van der Waals surface area contributed by atoms with Crippen LogP contribution >= 0.6 is 31.9 Å². The second-order valence-corrected chi connectivity index (χ2v) is 6.04. The number of benzene rings is 2. The van der Waals surface area contributed by atoms with Gasteiger partial charge in [-0.15, -0.1) is 0 Å². The maximum Gasteiger partial charge on any atom is 0.170 e. The molecule has 21 heavy (non-hydrogen) atoms. The lowest BCUT2D eigenvalue weighted by atomic mass is 10.1. The van der Waals surface area contributed by atoms with Crippen molar-refractivity contribution >= 4 is 43.4 Å². The summed E-state index contributed by atoms with van der Waals surface area (Å²) in [7, 11) is 0. The molecule has 0 unspecified atom stereocenters. The highest BCUT2D eigenvalue weighted by Gasteiger charge is 2.07. The SMILES string of the molecule is NC(=NO)c1ccc(CNc2ccc(Br)cc2Br)c(F)c1. The molecule has 0 amide bonds. The first kappa shape index (κ1) is 15.8. The van der Waals surface area contributed by atoms with Crippen LogP contribution in [0.1, 0.15) is 11.1 Å². The second kappa shape index (κ2) is 6.91. The molecule has 0 heterocycles. The van der Waals surface area contributed by atoms with E-state index in [1.165, 1.54) is 6.07 Å². The zero-order valence-electron chi connectivity index (χ0n) is 10.8. The molecule has 0 fully saturated rings. The molecule has 0 saturated heterocycles. The summed E-state index contributed by atoms with van der Waals surface area (Å²) in [6, 6.07) is 10.1. The molecule has 4 nitrogen and oxygen atoms in total. The Balaban J connectivity index is 2.13. The number of anilines is 1. The van der Waals surface area contributed by atoms with Gasteiger partial charge in [0.2, 0.25) is 0 Å². The van der Waals surface area contributed by atoms with E-state index >= 15 is 0 Å². The number of nitrogens with two attached hydrogens (primary N) is 1. The molecule has 0 aliphatic heterocycles. The summed E-state index contributed by atoms with van der Waals surface area (Å²) in [4.78, 5) is 0. The van der Waals surface area contributed by atoms with Crippen LogP contribution in [0.15, 0.2) is 50.5 Å². The minimum Gasteiger partial charge on any atom is -0.409 e. The number of halogens is 3. The minimum atomic E-state index is -0.417. The molecule has 2 aromatic carbocycles. The van der Waals surface area contributed by atoms with Crippen molar-refractivity contribution in [2.45, 2.75) is 6.54 Å². The number of hydrogen-bond donors (Lipinski definition) is 3. The molecule has 2 rings (SSSR count). The van der Waals surface area contributed by atoms with Crippen molar-refractivity contribution in [3.63, 3.8) is 0 Å². The average Bonchev–Trinajstić information content (AvgIpc) is 2.46. The quantitative estimate of drug-likeness (QED) is 0.304. The van der Waals surface area contributed by atoms with Crippen molar-refractivity contribution in [1.29, 1.82) is 0 Å². The maximum absolute atomic E-state index is 14.0. The molecule has 0 atom stereocenters. The van der Waals surface area contributed by atoms with Gasteiger partial charge < -0.3 is 16.3 Å². The molecule has 0 radical (unpaired) electrons. The van der Waals surface area contributed by atoms with Crippen molar-refractivity contribution in [1.82, 2.24) is 0 Å². The first-order valence-corrected chi connectivity index (χ1v) is 7.55. The molecular weight excluding hydrogens is 405 g/mol. The Morgan fingerprint density at radius 2 is 2.00 bits per heavy atom. The Morgan fingerprint density at radius 1 is 1.24 bits per heavy atom. The molecule has 0 saturated carbocycles. The Morgan fingerprint density at radius 3 is 2.62 bits per heavy atom. The van der Waals surface area contributed by atoms with Gasteiger partial charge >= 0.3 is 0 Å². The lowest BCUT2D eigenvalue weighted by Gasteiger charge is -2.10. The molecule has 7 heteroatoms. The molecule has 0 aromatic heterocycles. The van der Waals surface area contributed by atoms with Gasteiger partial charge in [-0.25, -0.2) is 4.39 Å². The van der Waals surface area contributed by atoms with Crippen molar-refractivity contribution in [2.75, 3.05) is 5.32 Å². The second-order valence-electron chi connectivity index (χ2n) is 4.27. The Kier molecular flexibility index (Phi) is 5.19. The fraction of sp³-hybridized carbons (Fsp3) is 0.0714. The fourth-order valence-electron chi connectivity index (χ4n) is 1.73. The van der Waals surface area contributed by atoms with E-state index in [-0.39, 0.29) is 5.84 Å². The average molecular weight is 417 g/mol. The summed E-state index contributed by atoms with van der Waals surface area (Å²) in [6.07, 6.45) is 0. The lowest BCUT2D eigenvalue weighted by Crippen LogP contribution is -2.14. The van der Waals surface area contributed by atoms with Crippen molar-refractivity contribution in [3.05, 3.63) is 62.3 Å². The smallest absolute Gasteiger partial charge is 0.170 e. The molecule has 0 bridgehead atoms. The maximum atomic E-state index is 14.0. The van der Waals surface area contributed by atoms with Crippen LogP contribution in [0.5, 0.6) is 0 Å². The van der Waals surface area contributed by atoms with Gasteiger partial charge in [-0.3, -0.25) is 0 Å². The molecule has 0 aliphatic rings. The van der Waals surface area contributed by atoms with Gasteiger partial charge in [-0.05, 0) is 40.2 Å². The summed E-state index contributed by atoms with van der Waals surface area (Å²) in [5.41, 5.74) is 7.10. The number of hydrogen-bond acceptors (Lipinski definition) is 3. The van der Waals surface area contributed by atoms with Gasteiger partial charge in [-0.2, -0.15) is 0 Å². The van der Waals surface area contributed by atoms with E-state index in [1.807, 2.05) is 18.2 Å². The van der Waals surface area contributed by atoms with Crippen LogP contribution in [0, 0.1) is 5.82 Å². The summed E-state index contributed by atoms with van der Waals surface area (Å²) in [6.45, 7) is 0.322. The molecule has 110 valence electrons. The predicted molar refractivity (Wildman–Crippen MR) is 88.1 cm³/mol. The third-order valence-corrected chi connectivity index (χ3v) is 4.01. The third kappa shape index (κ3) is 3.95. The molecule has 0 spiro atoms. The van der Waals surface area contributed by atoms with Crippen LogP contribution in [0.3, 0.4) is 0 Å². The lowest BCUT2D eigenvalue weighted by molar-refractivity contribution is 0.318. The van der Waals surface area contributed by atoms with E-state index in [0.717, 1.165) is 14.6 Å². The first-order chi connectivity index (χ1) is 10.0. The highest BCUT2D eigenvalue weighted by molar-refractivity contribution is 9.11. The standard InChI is InChI=1S/C14H12Br2FN3O/c15-10-3-4-13(11(16)6-10)19-7-9-2-1-8(5-12(9)17)14(18)20-21/h1-6,19,21H,7H2,(H2,18,20). The van der Waals surface area contributed by atoms with Crippen molar-refractivity contribution in [2.24, 2.45) is 10.9 Å². The number of nitrogens with zero attached hydrogens (tertiary/aromatic N) is 1. The zero-order valence-corrected chi connectivity index (χ0v) is 13.9. The van der Waals surface area contributed by atoms with E-state index in [9.17, 15) is 4.39 Å². The number of oxime groups is 1. The van der Waals surface area contributed by atoms with Gasteiger partial charge in [0.05, 0.1) is 0 Å². The van der Waals surface area contributed by atoms with Crippen molar-refractivity contribution < 1.29 is 9.60 Å². The van der Waals surface area contributed by atoms with Gasteiger partial charge in [0.15, 0.2) is 5.84 Å². The monoisotopic (exact) mass is 415 g/mol. The summed E-state index contributed by atoms with van der Waals surface area (Å²) in [5, 5.41) is 14.6. The largest absolute Gasteiger partial charge is 0.409 e. The molecule has 0 aliphatic carbocycles. The van der Waals surface area contributed by atoms with Crippen LogP contribution in [0.4, 0.5) is 10.1 Å². The van der Waals surface area contributed by atoms with Crippen LogP contribution < -0.4 is 11.1 Å². The Bertz CT molecular complexity index is 692. The van der Waals surface area contributed by atoms with Crippen LogP contribution in [0.2, 0.25) is 0 Å². The minimum absolute atomic E-state index is 0.121. The van der Waals surface area contributed by atoms with Crippen LogP contribution in [0.25, 0.3) is 0 Å².